The maximum atomic E-state index is 5.85. The number of nitrogens with one attached hydrogen (secondary N) is 1. The first-order chi connectivity index (χ1) is 9.67. The third kappa shape index (κ3) is 3.08. The quantitative estimate of drug-likeness (QED) is 0.628. The number of hydrogen-bond acceptors (Lipinski definition) is 3. The van der Waals surface area contributed by atoms with Gasteiger partial charge in [-0.15, -0.1) is 0 Å². The van der Waals surface area contributed by atoms with E-state index in [1.807, 2.05) is 30.1 Å². The minimum atomic E-state index is 0.0218. The Morgan fingerprint density at radius 1 is 1.25 bits per heavy atom. The summed E-state index contributed by atoms with van der Waals surface area (Å²) in [6, 6.07) is 12.6. The highest BCUT2D eigenvalue weighted by atomic mass is 15.3. The van der Waals surface area contributed by atoms with Crippen molar-refractivity contribution in [3.63, 3.8) is 0 Å². The Morgan fingerprint density at radius 3 is 2.45 bits per heavy atom. The van der Waals surface area contributed by atoms with Gasteiger partial charge in [0.25, 0.3) is 0 Å². The largest absolute Gasteiger partial charge is 0.275 e. The van der Waals surface area contributed by atoms with Crippen molar-refractivity contribution >= 4 is 0 Å². The van der Waals surface area contributed by atoms with Gasteiger partial charge < -0.3 is 0 Å². The van der Waals surface area contributed by atoms with Crippen molar-refractivity contribution in [1.29, 1.82) is 0 Å². The highest BCUT2D eigenvalue weighted by Gasteiger charge is 2.29. The molecule has 1 aromatic heterocycles. The number of aromatic nitrogens is 2. The molecule has 0 aliphatic rings. The lowest BCUT2D eigenvalue weighted by Gasteiger charge is -2.30. The highest BCUT2D eigenvalue weighted by molar-refractivity contribution is 5.25. The Bertz CT molecular complexity index is 520. The molecule has 0 fully saturated rings. The van der Waals surface area contributed by atoms with Crippen LogP contribution in [0, 0.1) is 5.92 Å². The van der Waals surface area contributed by atoms with Crippen molar-refractivity contribution in [3.8, 4) is 0 Å². The van der Waals surface area contributed by atoms with E-state index < -0.39 is 0 Å². The van der Waals surface area contributed by atoms with Crippen LogP contribution in [0.15, 0.2) is 42.6 Å². The van der Waals surface area contributed by atoms with Crippen LogP contribution in [0.25, 0.3) is 0 Å². The van der Waals surface area contributed by atoms with Crippen molar-refractivity contribution in [2.75, 3.05) is 0 Å². The van der Waals surface area contributed by atoms with Crippen LogP contribution in [-0.4, -0.2) is 9.78 Å². The summed E-state index contributed by atoms with van der Waals surface area (Å²) in [5.74, 6) is 6.67. The van der Waals surface area contributed by atoms with Crippen LogP contribution in [0.2, 0.25) is 0 Å². The summed E-state index contributed by atoms with van der Waals surface area (Å²) in [5, 5.41) is 4.52. The second-order valence-corrected chi connectivity index (χ2v) is 5.38. The molecule has 108 valence electrons. The minimum absolute atomic E-state index is 0.0218. The second kappa shape index (κ2) is 6.68. The Morgan fingerprint density at radius 2 is 1.95 bits per heavy atom. The van der Waals surface area contributed by atoms with E-state index in [2.05, 4.69) is 48.6 Å². The van der Waals surface area contributed by atoms with Crippen LogP contribution in [0.4, 0.5) is 0 Å². The molecule has 0 radical (unpaired) electrons. The molecule has 0 aliphatic carbocycles. The van der Waals surface area contributed by atoms with Crippen molar-refractivity contribution < 1.29 is 0 Å². The summed E-state index contributed by atoms with van der Waals surface area (Å²) >= 11 is 0. The van der Waals surface area contributed by atoms with Crippen molar-refractivity contribution in [2.45, 2.75) is 32.2 Å². The fourth-order valence-corrected chi connectivity index (χ4v) is 2.75. The van der Waals surface area contributed by atoms with Gasteiger partial charge in [-0.2, -0.15) is 5.10 Å². The van der Waals surface area contributed by atoms with Gasteiger partial charge in [0.15, 0.2) is 0 Å². The maximum absolute atomic E-state index is 5.85. The van der Waals surface area contributed by atoms with Gasteiger partial charge in [0.1, 0.15) is 0 Å². The minimum Gasteiger partial charge on any atom is -0.275 e. The van der Waals surface area contributed by atoms with Gasteiger partial charge in [-0.3, -0.25) is 16.0 Å². The monoisotopic (exact) mass is 272 g/mol. The van der Waals surface area contributed by atoms with E-state index in [1.54, 1.807) is 0 Å². The number of aryl methyl sites for hydroxylation is 1. The fraction of sp³-hybridized carbons (Fsp3) is 0.438. The molecule has 3 atom stereocenters. The van der Waals surface area contributed by atoms with Crippen molar-refractivity contribution in [3.05, 3.63) is 53.9 Å². The van der Waals surface area contributed by atoms with E-state index >= 15 is 0 Å². The molecule has 1 heterocycles. The molecule has 0 saturated heterocycles. The number of benzene rings is 1. The second-order valence-electron chi connectivity index (χ2n) is 5.38. The first kappa shape index (κ1) is 14.8. The molecule has 2 aromatic rings. The lowest BCUT2D eigenvalue weighted by molar-refractivity contribution is 0.337. The Hall–Kier alpha value is -1.65. The average Bonchev–Trinajstić information content (AvgIpc) is 2.91. The topological polar surface area (TPSA) is 55.9 Å². The molecule has 0 saturated carbocycles. The molecule has 0 bridgehead atoms. The zero-order chi connectivity index (χ0) is 14.5. The Kier molecular flexibility index (Phi) is 4.93. The first-order valence-corrected chi connectivity index (χ1v) is 7.18. The van der Waals surface area contributed by atoms with E-state index in [4.69, 9.17) is 5.84 Å². The lowest BCUT2D eigenvalue weighted by Crippen LogP contribution is -2.35. The SMILES string of the molecule is CCC(C)C(c1ccccc1)C(NN)c1ccn(C)n1. The molecule has 3 unspecified atom stereocenters. The molecule has 0 spiro atoms. The fourth-order valence-electron chi connectivity index (χ4n) is 2.75. The first-order valence-electron chi connectivity index (χ1n) is 7.18. The third-order valence-electron chi connectivity index (χ3n) is 4.03. The van der Waals surface area contributed by atoms with Gasteiger partial charge in [-0.25, -0.2) is 0 Å². The summed E-state index contributed by atoms with van der Waals surface area (Å²) in [6.45, 7) is 4.48. The summed E-state index contributed by atoms with van der Waals surface area (Å²) in [5.41, 5.74) is 5.26. The number of nitrogens with zero attached hydrogens (tertiary/aromatic N) is 2. The van der Waals surface area contributed by atoms with Crippen LogP contribution in [0.3, 0.4) is 0 Å². The third-order valence-corrected chi connectivity index (χ3v) is 4.03. The molecule has 3 N–H and O–H groups in total. The summed E-state index contributed by atoms with van der Waals surface area (Å²) < 4.78 is 1.82. The normalized spacial score (nSPS) is 15.8. The predicted molar refractivity (Wildman–Crippen MR) is 81.9 cm³/mol. The van der Waals surface area contributed by atoms with Crippen LogP contribution in [0.5, 0.6) is 0 Å². The summed E-state index contributed by atoms with van der Waals surface area (Å²) in [4.78, 5) is 0. The number of hydrazine groups is 1. The van der Waals surface area contributed by atoms with Crippen molar-refractivity contribution in [2.24, 2.45) is 18.8 Å². The predicted octanol–water partition coefficient (Wildman–Crippen LogP) is 2.75. The molecular weight excluding hydrogens is 248 g/mol. The maximum Gasteiger partial charge on any atom is 0.0813 e. The van der Waals surface area contributed by atoms with E-state index in [-0.39, 0.29) is 6.04 Å². The average molecular weight is 272 g/mol. The van der Waals surface area contributed by atoms with Crippen molar-refractivity contribution in [1.82, 2.24) is 15.2 Å². The van der Waals surface area contributed by atoms with Crippen LogP contribution in [-0.2, 0) is 7.05 Å². The Balaban J connectivity index is 2.39. The zero-order valence-electron chi connectivity index (χ0n) is 12.5. The van der Waals surface area contributed by atoms with Gasteiger partial charge >= 0.3 is 0 Å². The smallest absolute Gasteiger partial charge is 0.0813 e. The zero-order valence-corrected chi connectivity index (χ0v) is 12.5. The molecule has 0 aliphatic heterocycles. The van der Waals surface area contributed by atoms with Gasteiger partial charge in [-0.05, 0) is 17.5 Å². The van der Waals surface area contributed by atoms with E-state index in [0.29, 0.717) is 11.8 Å². The lowest BCUT2D eigenvalue weighted by atomic mass is 9.79. The molecule has 2 rings (SSSR count). The number of nitrogens with two attached hydrogens (primary N) is 1. The molecule has 0 amide bonds. The van der Waals surface area contributed by atoms with Crippen LogP contribution >= 0.6 is 0 Å². The summed E-state index contributed by atoms with van der Waals surface area (Å²) in [7, 11) is 1.93. The van der Waals surface area contributed by atoms with Crippen LogP contribution in [0.1, 0.15) is 43.5 Å². The summed E-state index contributed by atoms with van der Waals surface area (Å²) in [6.07, 6.45) is 3.06. The molecule has 4 heteroatoms. The van der Waals surface area contributed by atoms with Crippen LogP contribution < -0.4 is 11.3 Å². The molecule has 4 nitrogen and oxygen atoms in total. The van der Waals surface area contributed by atoms with E-state index in [1.165, 1.54) is 5.56 Å². The van der Waals surface area contributed by atoms with Gasteiger partial charge in [-0.1, -0.05) is 50.6 Å². The van der Waals surface area contributed by atoms with E-state index in [9.17, 15) is 0 Å². The number of rotatable bonds is 6. The molecular formula is C16H24N4. The highest BCUT2D eigenvalue weighted by Crippen LogP contribution is 2.37. The molecule has 1 aromatic carbocycles. The van der Waals surface area contributed by atoms with Gasteiger partial charge in [0, 0.05) is 19.2 Å². The standard InChI is InChI=1S/C16H24N4/c1-4-12(2)15(13-8-6-5-7-9-13)16(18-17)14-10-11-20(3)19-14/h5-12,15-16,18H,4,17H2,1-3H3. The van der Waals surface area contributed by atoms with E-state index in [0.717, 1.165) is 12.1 Å². The Labute approximate surface area is 121 Å². The molecule has 20 heavy (non-hydrogen) atoms. The van der Waals surface area contributed by atoms with Gasteiger partial charge in [0.2, 0.25) is 0 Å². The van der Waals surface area contributed by atoms with Gasteiger partial charge in [0.05, 0.1) is 11.7 Å². The number of hydrogen-bond donors (Lipinski definition) is 2.